The Morgan fingerprint density at radius 3 is 2.52 bits per heavy atom. The summed E-state index contributed by atoms with van der Waals surface area (Å²) < 4.78 is 5.11. The van der Waals surface area contributed by atoms with Gasteiger partial charge in [-0.15, -0.1) is 0 Å². The smallest absolute Gasteiger partial charge is 0.231 e. The lowest BCUT2D eigenvalue weighted by Gasteiger charge is -2.16. The van der Waals surface area contributed by atoms with Gasteiger partial charge >= 0.3 is 0 Å². The molecule has 0 radical (unpaired) electrons. The van der Waals surface area contributed by atoms with Gasteiger partial charge in [-0.2, -0.15) is 0 Å². The monoisotopic (exact) mass is 284 g/mol. The zero-order chi connectivity index (χ0) is 15.2. The average molecular weight is 284 g/mol. The molecular formula is C17H20N2O2. The van der Waals surface area contributed by atoms with E-state index >= 15 is 0 Å². The molecule has 0 saturated heterocycles. The van der Waals surface area contributed by atoms with E-state index in [1.54, 1.807) is 25.3 Å². The molecule has 1 amide bonds. The Kier molecular flexibility index (Phi) is 4.82. The minimum atomic E-state index is -0.172. The van der Waals surface area contributed by atoms with Crippen LogP contribution in [-0.4, -0.2) is 13.0 Å². The van der Waals surface area contributed by atoms with Crippen molar-refractivity contribution in [2.75, 3.05) is 18.2 Å². The predicted molar refractivity (Wildman–Crippen MR) is 85.5 cm³/mol. The van der Waals surface area contributed by atoms with Crippen LogP contribution < -0.4 is 15.8 Å². The van der Waals surface area contributed by atoms with E-state index < -0.39 is 0 Å². The fourth-order valence-corrected chi connectivity index (χ4v) is 2.30. The summed E-state index contributed by atoms with van der Waals surface area (Å²) in [6.45, 7) is 2.00. The Morgan fingerprint density at radius 1 is 1.24 bits per heavy atom. The van der Waals surface area contributed by atoms with Crippen LogP contribution in [0.4, 0.5) is 11.4 Å². The van der Waals surface area contributed by atoms with E-state index in [1.165, 1.54) is 0 Å². The summed E-state index contributed by atoms with van der Waals surface area (Å²) in [4.78, 5) is 12.4. The minimum absolute atomic E-state index is 0.0340. The number of hydrogen-bond acceptors (Lipinski definition) is 3. The Hall–Kier alpha value is -2.49. The predicted octanol–water partition coefficient (Wildman–Crippen LogP) is 3.41. The third-order valence-electron chi connectivity index (χ3n) is 3.42. The second kappa shape index (κ2) is 6.79. The number of anilines is 2. The number of rotatable bonds is 5. The second-order valence-corrected chi connectivity index (χ2v) is 4.82. The Balaban J connectivity index is 2.15. The summed E-state index contributed by atoms with van der Waals surface area (Å²) in [5.74, 6) is 0.394. The number of methoxy groups -OCH3 is 1. The molecule has 2 rings (SSSR count). The fraction of sp³-hybridized carbons (Fsp3) is 0.235. The molecule has 2 aromatic rings. The molecule has 4 heteroatoms. The number of nitrogens with two attached hydrogens (primary N) is 1. The first-order valence-electron chi connectivity index (χ1n) is 6.95. The van der Waals surface area contributed by atoms with Crippen LogP contribution in [0.3, 0.4) is 0 Å². The van der Waals surface area contributed by atoms with Crippen LogP contribution in [0.1, 0.15) is 24.8 Å². The third-order valence-corrected chi connectivity index (χ3v) is 3.42. The lowest BCUT2D eigenvalue weighted by atomic mass is 9.95. The van der Waals surface area contributed by atoms with Crippen LogP contribution in [0.2, 0.25) is 0 Å². The van der Waals surface area contributed by atoms with Gasteiger partial charge in [0.25, 0.3) is 0 Å². The molecule has 0 saturated carbocycles. The quantitative estimate of drug-likeness (QED) is 0.827. The van der Waals surface area contributed by atoms with Gasteiger partial charge < -0.3 is 15.8 Å². The van der Waals surface area contributed by atoms with Crippen LogP contribution in [-0.2, 0) is 4.79 Å². The van der Waals surface area contributed by atoms with Gasteiger partial charge in [0.1, 0.15) is 5.75 Å². The van der Waals surface area contributed by atoms with Crippen molar-refractivity contribution in [3.05, 3.63) is 54.1 Å². The molecule has 110 valence electrons. The molecule has 0 aliphatic heterocycles. The Labute approximate surface area is 124 Å². The van der Waals surface area contributed by atoms with Gasteiger partial charge in [0.05, 0.1) is 18.7 Å². The minimum Gasteiger partial charge on any atom is -0.495 e. The fourth-order valence-electron chi connectivity index (χ4n) is 2.30. The third kappa shape index (κ3) is 3.54. The number of nitrogens with one attached hydrogen (secondary N) is 1. The van der Waals surface area contributed by atoms with Crippen molar-refractivity contribution in [1.82, 2.24) is 0 Å². The number of nitrogen functional groups attached to an aromatic ring is 1. The number of carbonyl (C=O) groups is 1. The zero-order valence-corrected chi connectivity index (χ0v) is 12.3. The molecule has 3 N–H and O–H groups in total. The number of benzene rings is 2. The van der Waals surface area contributed by atoms with Crippen LogP contribution in [0.5, 0.6) is 5.75 Å². The molecule has 0 aliphatic rings. The summed E-state index contributed by atoms with van der Waals surface area (Å²) >= 11 is 0. The summed E-state index contributed by atoms with van der Waals surface area (Å²) in [5.41, 5.74) is 8.04. The summed E-state index contributed by atoms with van der Waals surface area (Å²) in [7, 11) is 1.56. The maximum Gasteiger partial charge on any atom is 0.231 e. The van der Waals surface area contributed by atoms with Gasteiger partial charge in [-0.25, -0.2) is 0 Å². The highest BCUT2D eigenvalue weighted by Gasteiger charge is 2.18. The van der Waals surface area contributed by atoms with E-state index in [9.17, 15) is 4.79 Å². The van der Waals surface area contributed by atoms with Crippen LogP contribution >= 0.6 is 0 Å². The zero-order valence-electron chi connectivity index (χ0n) is 12.3. The molecular weight excluding hydrogens is 264 g/mol. The van der Waals surface area contributed by atoms with E-state index in [-0.39, 0.29) is 11.8 Å². The first-order valence-corrected chi connectivity index (χ1v) is 6.95. The molecule has 4 nitrogen and oxygen atoms in total. The van der Waals surface area contributed by atoms with Crippen LogP contribution in [0.15, 0.2) is 48.5 Å². The van der Waals surface area contributed by atoms with Crippen LogP contribution in [0, 0.1) is 0 Å². The van der Waals surface area contributed by atoms with Gasteiger partial charge in [-0.05, 0) is 30.2 Å². The van der Waals surface area contributed by atoms with Crippen molar-refractivity contribution in [3.63, 3.8) is 0 Å². The van der Waals surface area contributed by atoms with Gasteiger partial charge in [0, 0.05) is 5.69 Å². The number of hydrogen-bond donors (Lipinski definition) is 2. The second-order valence-electron chi connectivity index (χ2n) is 4.82. The molecule has 0 bridgehead atoms. The summed E-state index contributed by atoms with van der Waals surface area (Å²) in [5, 5.41) is 2.91. The highest BCUT2D eigenvalue weighted by atomic mass is 16.5. The van der Waals surface area contributed by atoms with E-state index in [1.807, 2.05) is 37.3 Å². The molecule has 21 heavy (non-hydrogen) atoms. The maximum atomic E-state index is 12.4. The van der Waals surface area contributed by atoms with Gasteiger partial charge in [-0.3, -0.25) is 4.79 Å². The molecule has 0 aliphatic carbocycles. The van der Waals surface area contributed by atoms with Crippen LogP contribution in [0.25, 0.3) is 0 Å². The highest BCUT2D eigenvalue weighted by Crippen LogP contribution is 2.26. The van der Waals surface area contributed by atoms with Crippen molar-refractivity contribution in [2.45, 2.75) is 19.3 Å². The average Bonchev–Trinajstić information content (AvgIpc) is 2.49. The molecule has 2 aromatic carbocycles. The topological polar surface area (TPSA) is 64.3 Å². The molecule has 1 unspecified atom stereocenters. The van der Waals surface area contributed by atoms with E-state index in [0.29, 0.717) is 17.1 Å². The number of ether oxygens (including phenoxy) is 1. The van der Waals surface area contributed by atoms with Crippen molar-refractivity contribution in [2.24, 2.45) is 0 Å². The maximum absolute atomic E-state index is 12.4. The summed E-state index contributed by atoms with van der Waals surface area (Å²) in [6, 6.07) is 15.0. The van der Waals surface area contributed by atoms with E-state index in [4.69, 9.17) is 10.5 Å². The van der Waals surface area contributed by atoms with E-state index in [0.717, 1.165) is 12.0 Å². The molecule has 0 fully saturated rings. The van der Waals surface area contributed by atoms with E-state index in [2.05, 4.69) is 5.32 Å². The Morgan fingerprint density at radius 2 is 1.95 bits per heavy atom. The van der Waals surface area contributed by atoms with Crippen molar-refractivity contribution >= 4 is 17.3 Å². The molecule has 1 atom stereocenters. The largest absolute Gasteiger partial charge is 0.495 e. The Bertz CT molecular complexity index is 611. The van der Waals surface area contributed by atoms with Crippen molar-refractivity contribution in [3.8, 4) is 5.75 Å². The lowest BCUT2D eigenvalue weighted by molar-refractivity contribution is -0.117. The number of carbonyl (C=O) groups excluding carboxylic acids is 1. The first kappa shape index (κ1) is 14.9. The van der Waals surface area contributed by atoms with Gasteiger partial charge in [-0.1, -0.05) is 37.3 Å². The molecule has 0 heterocycles. The lowest BCUT2D eigenvalue weighted by Crippen LogP contribution is -2.20. The van der Waals surface area contributed by atoms with Crippen molar-refractivity contribution in [1.29, 1.82) is 0 Å². The normalized spacial score (nSPS) is 11.7. The molecule has 0 aromatic heterocycles. The highest BCUT2D eigenvalue weighted by molar-refractivity contribution is 5.96. The number of amides is 1. The van der Waals surface area contributed by atoms with Gasteiger partial charge in [0.2, 0.25) is 5.91 Å². The molecule has 0 spiro atoms. The SMILES string of the molecule is CCC(C(=O)Nc1ccc(OC)c(N)c1)c1ccccc1. The van der Waals surface area contributed by atoms with Crippen molar-refractivity contribution < 1.29 is 9.53 Å². The van der Waals surface area contributed by atoms with Gasteiger partial charge in [0.15, 0.2) is 0 Å². The summed E-state index contributed by atoms with van der Waals surface area (Å²) in [6.07, 6.45) is 0.738. The standard InChI is InChI=1S/C17H20N2O2/c1-3-14(12-7-5-4-6-8-12)17(20)19-13-9-10-16(21-2)15(18)11-13/h4-11,14H,3,18H2,1-2H3,(H,19,20). The first-order chi connectivity index (χ1) is 10.2.